The summed E-state index contributed by atoms with van der Waals surface area (Å²) in [5.41, 5.74) is 0.764. The van der Waals surface area contributed by atoms with Gasteiger partial charge in [-0.25, -0.2) is 4.79 Å². The lowest BCUT2D eigenvalue weighted by molar-refractivity contribution is -0.131. The normalized spacial score (nSPS) is 13.0. The number of aliphatic carboxylic acids is 1. The summed E-state index contributed by atoms with van der Waals surface area (Å²) in [5, 5.41) is 36.9. The number of ether oxygens (including phenoxy) is 1. The summed E-state index contributed by atoms with van der Waals surface area (Å²) >= 11 is 0. The highest BCUT2D eigenvalue weighted by atomic mass is 16.5. The van der Waals surface area contributed by atoms with Gasteiger partial charge in [0.15, 0.2) is 11.5 Å². The van der Waals surface area contributed by atoms with Crippen molar-refractivity contribution in [3.05, 3.63) is 35.6 Å². The van der Waals surface area contributed by atoms with Crippen LogP contribution in [0.2, 0.25) is 0 Å². The van der Waals surface area contributed by atoms with Crippen molar-refractivity contribution in [1.82, 2.24) is 0 Å². The van der Waals surface area contributed by atoms with Gasteiger partial charge in [-0.1, -0.05) is 6.07 Å². The van der Waals surface area contributed by atoms with Gasteiger partial charge in [-0.15, -0.1) is 0 Å². The first-order valence-corrected chi connectivity index (χ1v) is 6.08. The highest BCUT2D eigenvalue weighted by molar-refractivity contribution is 5.80. The molecule has 0 aliphatic rings. The predicted octanol–water partition coefficient (Wildman–Crippen LogP) is 1.40. The summed E-state index contributed by atoms with van der Waals surface area (Å²) in [4.78, 5) is 10.5. The second-order valence-corrected chi connectivity index (χ2v) is 4.37. The fourth-order valence-electron chi connectivity index (χ4n) is 1.73. The fourth-order valence-corrected chi connectivity index (χ4v) is 1.73. The Kier molecular flexibility index (Phi) is 5.86. The molecule has 0 spiro atoms. The molecule has 1 atom stereocenters. The van der Waals surface area contributed by atoms with Crippen LogP contribution in [0, 0.1) is 0 Å². The van der Waals surface area contributed by atoms with E-state index in [2.05, 4.69) is 0 Å². The maximum Gasteiger partial charge on any atom is 0.331 e. The Morgan fingerprint density at radius 1 is 1.35 bits per heavy atom. The van der Waals surface area contributed by atoms with E-state index in [1.54, 1.807) is 6.07 Å². The summed E-state index contributed by atoms with van der Waals surface area (Å²) in [6.07, 6.45) is 1.13. The average molecular weight is 282 g/mol. The molecule has 1 aromatic carbocycles. The topological polar surface area (TPSA) is 107 Å². The number of aryl methyl sites for hydroxylation is 1. The van der Waals surface area contributed by atoms with Crippen LogP contribution in [-0.4, -0.2) is 39.6 Å². The molecule has 0 bridgehead atoms. The van der Waals surface area contributed by atoms with Crippen molar-refractivity contribution < 1.29 is 30.0 Å². The van der Waals surface area contributed by atoms with Crippen molar-refractivity contribution in [2.24, 2.45) is 0 Å². The maximum absolute atomic E-state index is 10.5. The van der Waals surface area contributed by atoms with E-state index in [0.717, 1.165) is 11.6 Å². The fraction of sp³-hybridized carbons (Fsp3) is 0.357. The summed E-state index contributed by atoms with van der Waals surface area (Å²) in [6.45, 7) is 0. The molecule has 6 heteroatoms. The lowest BCUT2D eigenvalue weighted by Crippen LogP contribution is -2.11. The van der Waals surface area contributed by atoms with E-state index in [9.17, 15) is 20.1 Å². The number of carbonyl (C=O) groups is 1. The van der Waals surface area contributed by atoms with Gasteiger partial charge in [-0.2, -0.15) is 0 Å². The minimum Gasteiger partial charge on any atom is -0.504 e. The third-order valence-electron chi connectivity index (χ3n) is 2.79. The van der Waals surface area contributed by atoms with E-state index in [4.69, 9.17) is 9.84 Å². The molecule has 0 amide bonds. The van der Waals surface area contributed by atoms with E-state index < -0.39 is 12.1 Å². The highest BCUT2D eigenvalue weighted by Crippen LogP contribution is 2.25. The number of hydrogen-bond donors (Lipinski definition) is 4. The molecule has 0 aromatic heterocycles. The summed E-state index contributed by atoms with van der Waals surface area (Å²) < 4.78 is 4.87. The molecule has 0 heterocycles. The first-order valence-electron chi connectivity index (χ1n) is 6.08. The van der Waals surface area contributed by atoms with Crippen molar-refractivity contribution in [2.45, 2.75) is 25.4 Å². The molecule has 20 heavy (non-hydrogen) atoms. The number of phenols is 2. The largest absolute Gasteiger partial charge is 0.504 e. The maximum atomic E-state index is 10.5. The molecule has 0 saturated carbocycles. The minimum absolute atomic E-state index is 0.104. The second-order valence-electron chi connectivity index (χ2n) is 4.37. The smallest absolute Gasteiger partial charge is 0.331 e. The SMILES string of the molecule is CO/C(=C/C(=O)O)CC(O)CCc1ccc(O)c(O)c1. The van der Waals surface area contributed by atoms with Gasteiger partial charge in [0.1, 0.15) is 5.76 Å². The highest BCUT2D eigenvalue weighted by Gasteiger charge is 2.10. The molecule has 0 aliphatic heterocycles. The van der Waals surface area contributed by atoms with Gasteiger partial charge in [0.05, 0.1) is 19.3 Å². The summed E-state index contributed by atoms with van der Waals surface area (Å²) in [7, 11) is 1.35. The number of aliphatic hydroxyl groups excluding tert-OH is 1. The Balaban J connectivity index is 2.52. The lowest BCUT2D eigenvalue weighted by Gasteiger charge is -2.12. The third kappa shape index (κ3) is 5.19. The van der Waals surface area contributed by atoms with Crippen molar-refractivity contribution in [3.63, 3.8) is 0 Å². The number of hydrogen-bond acceptors (Lipinski definition) is 5. The number of rotatable bonds is 7. The number of phenolic OH excluding ortho intramolecular Hbond substituents is 2. The monoisotopic (exact) mass is 282 g/mol. The van der Waals surface area contributed by atoms with Gasteiger partial charge in [0.25, 0.3) is 0 Å². The first-order chi connectivity index (χ1) is 9.42. The Morgan fingerprint density at radius 3 is 2.60 bits per heavy atom. The zero-order valence-electron chi connectivity index (χ0n) is 11.1. The molecule has 1 unspecified atom stereocenters. The number of methoxy groups -OCH3 is 1. The van der Waals surface area contributed by atoms with E-state index in [0.29, 0.717) is 12.8 Å². The standard InChI is InChI=1S/C14H18O6/c1-20-11(8-14(18)19)7-10(15)4-2-9-3-5-12(16)13(17)6-9/h3,5-6,8,10,15-17H,2,4,7H2,1H3,(H,18,19)/b11-8+. The molecule has 6 nitrogen and oxygen atoms in total. The molecule has 4 N–H and O–H groups in total. The second kappa shape index (κ2) is 7.40. The predicted molar refractivity (Wildman–Crippen MR) is 71.4 cm³/mol. The van der Waals surface area contributed by atoms with Crippen molar-refractivity contribution >= 4 is 5.97 Å². The van der Waals surface area contributed by atoms with Crippen LogP contribution in [0.15, 0.2) is 30.0 Å². The van der Waals surface area contributed by atoms with Crippen molar-refractivity contribution in [3.8, 4) is 11.5 Å². The molecule has 0 saturated heterocycles. The Morgan fingerprint density at radius 2 is 2.05 bits per heavy atom. The first kappa shape index (κ1) is 15.8. The number of carboxylic acid groups (broad SMARTS) is 1. The summed E-state index contributed by atoms with van der Waals surface area (Å²) in [5.74, 6) is -1.34. The molecule has 0 fully saturated rings. The molecule has 0 aliphatic carbocycles. The van der Waals surface area contributed by atoms with Gasteiger partial charge in [-0.3, -0.25) is 0 Å². The van der Waals surface area contributed by atoms with Crippen LogP contribution < -0.4 is 0 Å². The number of aromatic hydroxyl groups is 2. The van der Waals surface area contributed by atoms with E-state index in [1.165, 1.54) is 19.2 Å². The van der Waals surface area contributed by atoms with Crippen LogP contribution in [0.3, 0.4) is 0 Å². The lowest BCUT2D eigenvalue weighted by atomic mass is 10.0. The van der Waals surface area contributed by atoms with Crippen LogP contribution in [0.5, 0.6) is 11.5 Å². The molecule has 1 rings (SSSR count). The van der Waals surface area contributed by atoms with Gasteiger partial charge in [0.2, 0.25) is 0 Å². The quantitative estimate of drug-likeness (QED) is 0.342. The third-order valence-corrected chi connectivity index (χ3v) is 2.79. The minimum atomic E-state index is -1.13. The Labute approximate surface area is 116 Å². The average Bonchev–Trinajstić information content (AvgIpc) is 2.39. The van der Waals surface area contributed by atoms with Crippen LogP contribution in [0.4, 0.5) is 0 Å². The van der Waals surface area contributed by atoms with E-state index in [-0.39, 0.29) is 23.7 Å². The van der Waals surface area contributed by atoms with E-state index >= 15 is 0 Å². The molecular formula is C14H18O6. The van der Waals surface area contributed by atoms with Crippen LogP contribution >= 0.6 is 0 Å². The molecule has 0 radical (unpaired) electrons. The number of carboxylic acids is 1. The number of benzene rings is 1. The van der Waals surface area contributed by atoms with Gasteiger partial charge < -0.3 is 25.2 Å². The van der Waals surface area contributed by atoms with E-state index in [1.807, 2.05) is 0 Å². The van der Waals surface area contributed by atoms with Crippen LogP contribution in [0.1, 0.15) is 18.4 Å². The van der Waals surface area contributed by atoms with Gasteiger partial charge >= 0.3 is 5.97 Å². The Hall–Kier alpha value is -2.21. The molecular weight excluding hydrogens is 264 g/mol. The van der Waals surface area contributed by atoms with Gasteiger partial charge in [-0.05, 0) is 30.5 Å². The van der Waals surface area contributed by atoms with Crippen molar-refractivity contribution in [2.75, 3.05) is 7.11 Å². The van der Waals surface area contributed by atoms with Crippen molar-refractivity contribution in [1.29, 1.82) is 0 Å². The van der Waals surface area contributed by atoms with Crippen LogP contribution in [0.25, 0.3) is 0 Å². The van der Waals surface area contributed by atoms with Crippen LogP contribution in [-0.2, 0) is 16.0 Å². The number of aliphatic hydroxyl groups is 1. The molecule has 1 aromatic rings. The summed E-state index contributed by atoms with van der Waals surface area (Å²) in [6, 6.07) is 4.44. The molecule has 110 valence electrons. The zero-order chi connectivity index (χ0) is 15.1. The zero-order valence-corrected chi connectivity index (χ0v) is 11.1. The van der Waals surface area contributed by atoms with Gasteiger partial charge in [0, 0.05) is 6.42 Å². The Bertz CT molecular complexity index is 494.